The third-order valence-corrected chi connectivity index (χ3v) is 14.4. The van der Waals surface area contributed by atoms with E-state index in [1.54, 1.807) is 0 Å². The molecule has 0 radical (unpaired) electrons. The van der Waals surface area contributed by atoms with E-state index in [-0.39, 0.29) is 40.5 Å². The van der Waals surface area contributed by atoms with Gasteiger partial charge in [-0.1, -0.05) is 34.6 Å². The predicted octanol–water partition coefficient (Wildman–Crippen LogP) is 4.78. The van der Waals surface area contributed by atoms with Crippen molar-refractivity contribution in [1.82, 2.24) is 4.90 Å². The van der Waals surface area contributed by atoms with E-state index in [4.69, 9.17) is 4.74 Å². The average Bonchev–Trinajstić information content (AvgIpc) is 3.27. The number of amides is 1. The SMILES string of the molecule is C[C@@H]1CC(CN2CCCC2=O)OC2[C@H]1C1(C)CCC34CC35CCC(O)C(C)(C)[C@@H]5CCC4[C@]1(C)[C@H]2O. The minimum absolute atomic E-state index is 0.00545. The highest BCUT2D eigenvalue weighted by Gasteiger charge is 2.84. The molecule has 2 spiro atoms. The number of rotatable bonds is 2. The first-order valence-electron chi connectivity index (χ1n) is 15.2. The third-order valence-electron chi connectivity index (χ3n) is 14.4. The molecule has 1 amide bonds. The van der Waals surface area contributed by atoms with Crippen molar-refractivity contribution in [1.29, 1.82) is 0 Å². The lowest BCUT2D eigenvalue weighted by molar-refractivity contribution is -0.182. The molecule has 5 saturated carbocycles. The van der Waals surface area contributed by atoms with E-state index in [0.29, 0.717) is 47.5 Å². The second kappa shape index (κ2) is 7.30. The van der Waals surface area contributed by atoms with Gasteiger partial charge in [-0.05, 0) is 103 Å². The molecule has 5 heteroatoms. The molecule has 7 aliphatic rings. The summed E-state index contributed by atoms with van der Waals surface area (Å²) in [5.41, 5.74) is 0.666. The lowest BCUT2D eigenvalue weighted by atomic mass is 9.41. The van der Waals surface area contributed by atoms with E-state index >= 15 is 0 Å². The van der Waals surface area contributed by atoms with Crippen molar-refractivity contribution in [2.24, 2.45) is 50.7 Å². The topological polar surface area (TPSA) is 70.0 Å². The maximum absolute atomic E-state index is 12.3. The fourth-order valence-electron chi connectivity index (χ4n) is 12.7. The highest BCUT2D eigenvalue weighted by molar-refractivity contribution is 5.78. The van der Waals surface area contributed by atoms with Crippen molar-refractivity contribution < 1.29 is 19.7 Å². The Morgan fingerprint density at radius 2 is 1.72 bits per heavy atom. The molecule has 0 aromatic heterocycles. The normalized spacial score (nSPS) is 59.0. The molecule has 202 valence electrons. The van der Waals surface area contributed by atoms with Gasteiger partial charge >= 0.3 is 0 Å². The van der Waals surface area contributed by atoms with Crippen molar-refractivity contribution in [3.63, 3.8) is 0 Å². The van der Waals surface area contributed by atoms with E-state index in [9.17, 15) is 15.0 Å². The van der Waals surface area contributed by atoms with Crippen LogP contribution in [0.25, 0.3) is 0 Å². The molecule has 0 aromatic rings. The van der Waals surface area contributed by atoms with Crippen molar-refractivity contribution in [3.05, 3.63) is 0 Å². The summed E-state index contributed by atoms with van der Waals surface area (Å²) >= 11 is 0. The lowest BCUT2D eigenvalue weighted by Crippen LogP contribution is -2.59. The summed E-state index contributed by atoms with van der Waals surface area (Å²) in [7, 11) is 0. The molecule has 7 unspecified atom stereocenters. The summed E-state index contributed by atoms with van der Waals surface area (Å²) < 4.78 is 6.83. The minimum atomic E-state index is -0.439. The quantitative estimate of drug-likeness (QED) is 0.574. The molecule has 12 atom stereocenters. The zero-order valence-corrected chi connectivity index (χ0v) is 23.3. The molecule has 7 rings (SSSR count). The van der Waals surface area contributed by atoms with E-state index in [1.807, 2.05) is 4.90 Å². The van der Waals surface area contributed by atoms with Gasteiger partial charge in [0.1, 0.15) is 0 Å². The molecule has 5 nitrogen and oxygen atoms in total. The second-order valence-corrected chi connectivity index (χ2v) is 15.6. The molecule has 5 aliphatic carbocycles. The maximum atomic E-state index is 12.3. The zero-order valence-electron chi connectivity index (χ0n) is 23.3. The Balaban J connectivity index is 1.20. The van der Waals surface area contributed by atoms with Crippen molar-refractivity contribution >= 4 is 5.91 Å². The number of aliphatic hydroxyl groups excluding tert-OH is 2. The van der Waals surface area contributed by atoms with Crippen LogP contribution < -0.4 is 0 Å². The van der Waals surface area contributed by atoms with Gasteiger partial charge in [0, 0.05) is 24.9 Å². The summed E-state index contributed by atoms with van der Waals surface area (Å²) in [6.07, 6.45) is 10.2. The van der Waals surface area contributed by atoms with Gasteiger partial charge in [-0.25, -0.2) is 0 Å². The molecule has 2 heterocycles. The van der Waals surface area contributed by atoms with Crippen LogP contribution in [-0.2, 0) is 9.53 Å². The van der Waals surface area contributed by atoms with Crippen molar-refractivity contribution in [2.45, 2.75) is 123 Å². The van der Waals surface area contributed by atoms with E-state index in [1.165, 1.54) is 38.5 Å². The van der Waals surface area contributed by atoms with Crippen LogP contribution in [0.3, 0.4) is 0 Å². The lowest BCUT2D eigenvalue weighted by Gasteiger charge is -2.63. The van der Waals surface area contributed by atoms with Crippen LogP contribution in [0.5, 0.6) is 0 Å². The van der Waals surface area contributed by atoms with Gasteiger partial charge < -0.3 is 19.8 Å². The van der Waals surface area contributed by atoms with Gasteiger partial charge in [0.2, 0.25) is 5.91 Å². The first-order valence-corrected chi connectivity index (χ1v) is 15.2. The number of hydrogen-bond donors (Lipinski definition) is 2. The van der Waals surface area contributed by atoms with E-state index in [0.717, 1.165) is 25.8 Å². The van der Waals surface area contributed by atoms with Gasteiger partial charge in [-0.15, -0.1) is 0 Å². The van der Waals surface area contributed by atoms with Crippen LogP contribution in [0.2, 0.25) is 0 Å². The highest BCUT2D eigenvalue weighted by Crippen LogP contribution is 2.89. The molecular weight excluding hydrogens is 450 g/mol. The van der Waals surface area contributed by atoms with Crippen LogP contribution >= 0.6 is 0 Å². The molecule has 2 saturated heterocycles. The Morgan fingerprint density at radius 1 is 1.00 bits per heavy atom. The average molecular weight is 500 g/mol. The fourth-order valence-corrected chi connectivity index (χ4v) is 12.7. The number of ether oxygens (including phenoxy) is 1. The van der Waals surface area contributed by atoms with Crippen molar-refractivity contribution in [3.8, 4) is 0 Å². The number of fused-ring (bicyclic) bond motifs is 4. The maximum Gasteiger partial charge on any atom is 0.222 e. The third kappa shape index (κ3) is 2.62. The molecule has 0 aromatic carbocycles. The van der Waals surface area contributed by atoms with Crippen LogP contribution in [-0.4, -0.2) is 58.5 Å². The minimum Gasteiger partial charge on any atom is -0.393 e. The van der Waals surface area contributed by atoms with Gasteiger partial charge in [-0.3, -0.25) is 4.79 Å². The van der Waals surface area contributed by atoms with Crippen LogP contribution in [0.1, 0.15) is 98.8 Å². The van der Waals surface area contributed by atoms with Crippen LogP contribution in [0.15, 0.2) is 0 Å². The number of aliphatic hydroxyl groups is 2. The van der Waals surface area contributed by atoms with Gasteiger partial charge in [-0.2, -0.15) is 0 Å². The Bertz CT molecular complexity index is 966. The Labute approximate surface area is 217 Å². The number of carbonyl (C=O) groups is 1. The standard InChI is InChI=1S/C31H49NO4/c1-18-15-19(16-32-14-6-7-23(32)34)36-25-24(18)28(4)12-13-31-17-30(31)11-10-22(33)27(2,3)20(30)8-9-21(31)29(28,5)26(25)35/h18-22,24-26,33,35H,6-17H2,1-5H3/t18-,19?,20+,21?,22?,24+,25?,26+,28?,29-,30?,31?/m1/s1. The first kappa shape index (κ1) is 24.4. The molecular formula is C31H49NO4. The Hall–Kier alpha value is -0.650. The second-order valence-electron chi connectivity index (χ2n) is 15.6. The molecule has 2 aliphatic heterocycles. The van der Waals surface area contributed by atoms with Gasteiger partial charge in [0.05, 0.1) is 24.4 Å². The summed E-state index contributed by atoms with van der Waals surface area (Å²) in [4.78, 5) is 14.3. The largest absolute Gasteiger partial charge is 0.393 e. The van der Waals surface area contributed by atoms with Gasteiger partial charge in [0.25, 0.3) is 0 Å². The predicted molar refractivity (Wildman–Crippen MR) is 138 cm³/mol. The summed E-state index contributed by atoms with van der Waals surface area (Å²) in [5, 5.41) is 23.2. The number of hydrogen-bond acceptors (Lipinski definition) is 4. The van der Waals surface area contributed by atoms with Crippen LogP contribution in [0, 0.1) is 50.7 Å². The number of nitrogens with zero attached hydrogens (tertiary/aromatic N) is 1. The molecule has 0 bridgehead atoms. The van der Waals surface area contributed by atoms with Gasteiger partial charge in [0.15, 0.2) is 0 Å². The number of likely N-dealkylation sites (tertiary alicyclic amines) is 1. The van der Waals surface area contributed by atoms with E-state index < -0.39 is 6.10 Å². The van der Waals surface area contributed by atoms with Crippen LogP contribution in [0.4, 0.5) is 0 Å². The molecule has 36 heavy (non-hydrogen) atoms. The first-order chi connectivity index (χ1) is 16.9. The molecule has 7 fully saturated rings. The Morgan fingerprint density at radius 3 is 2.44 bits per heavy atom. The summed E-state index contributed by atoms with van der Waals surface area (Å²) in [5.74, 6) is 2.30. The van der Waals surface area contributed by atoms with E-state index in [2.05, 4.69) is 34.6 Å². The summed E-state index contributed by atoms with van der Waals surface area (Å²) in [6.45, 7) is 13.6. The monoisotopic (exact) mass is 499 g/mol. The molecule has 2 N–H and O–H groups in total. The summed E-state index contributed by atoms with van der Waals surface area (Å²) in [6, 6.07) is 0. The number of carbonyl (C=O) groups excluding carboxylic acids is 1. The van der Waals surface area contributed by atoms with Crippen molar-refractivity contribution in [2.75, 3.05) is 13.1 Å². The smallest absolute Gasteiger partial charge is 0.222 e. The highest BCUT2D eigenvalue weighted by atomic mass is 16.5. The Kier molecular flexibility index (Phi) is 4.95. The fraction of sp³-hybridized carbons (Fsp3) is 0.968. The zero-order chi connectivity index (χ0) is 25.5.